The third-order valence-electron chi connectivity index (χ3n) is 3.56. The summed E-state index contributed by atoms with van der Waals surface area (Å²) in [6, 6.07) is 0. The molecular weight excluding hydrogens is 539 g/mol. The minimum atomic E-state index is -8.82. The zero-order valence-corrected chi connectivity index (χ0v) is 14.6. The summed E-state index contributed by atoms with van der Waals surface area (Å²) in [4.78, 5) is 0. The molecule has 22 heteroatoms. The van der Waals surface area contributed by atoms with Gasteiger partial charge in [-0.2, -0.15) is 83.1 Å². The lowest BCUT2D eigenvalue weighted by molar-refractivity contribution is -0.462. The van der Waals surface area contributed by atoms with Crippen LogP contribution in [0.1, 0.15) is 6.42 Å². The monoisotopic (exact) mass is 544 g/mol. The van der Waals surface area contributed by atoms with Gasteiger partial charge in [-0.3, -0.25) is 4.55 Å². The first-order valence-electron chi connectivity index (χ1n) is 6.73. The molecular formula is C10H5F17O4S. The highest BCUT2D eigenvalue weighted by molar-refractivity contribution is 7.86. The van der Waals surface area contributed by atoms with E-state index in [1.54, 1.807) is 0 Å². The molecule has 0 aliphatic heterocycles. The van der Waals surface area contributed by atoms with Gasteiger partial charge < -0.3 is 5.11 Å². The van der Waals surface area contributed by atoms with E-state index in [1.165, 1.54) is 0 Å². The maximum absolute atomic E-state index is 13.3. The first-order valence-corrected chi connectivity index (χ1v) is 8.24. The SMILES string of the molecule is O=S(=O)(O)C(O)CC(F)(F)C(F)(F)C(F)(F)C(F)(F)C(F)(F)C(F)(F)C(F)(F)C(F)(F)F. The second kappa shape index (κ2) is 7.60. The van der Waals surface area contributed by atoms with Gasteiger partial charge in [0.05, 0.1) is 6.42 Å². The zero-order chi connectivity index (χ0) is 26.8. The molecule has 0 aromatic rings. The summed E-state index contributed by atoms with van der Waals surface area (Å²) >= 11 is 0. The molecule has 32 heavy (non-hydrogen) atoms. The molecule has 0 heterocycles. The molecule has 4 nitrogen and oxygen atoms in total. The van der Waals surface area contributed by atoms with Crippen molar-refractivity contribution in [3.8, 4) is 0 Å². The average molecular weight is 544 g/mol. The van der Waals surface area contributed by atoms with Crippen molar-refractivity contribution < 1.29 is 92.7 Å². The van der Waals surface area contributed by atoms with Gasteiger partial charge in [0.25, 0.3) is 10.1 Å². The second-order valence-corrected chi connectivity index (χ2v) is 7.40. The maximum Gasteiger partial charge on any atom is 0.460 e. The topological polar surface area (TPSA) is 74.6 Å². The van der Waals surface area contributed by atoms with Gasteiger partial charge in [-0.05, 0) is 0 Å². The predicted molar refractivity (Wildman–Crippen MR) is 62.9 cm³/mol. The smallest absolute Gasteiger partial charge is 0.375 e. The highest BCUT2D eigenvalue weighted by Crippen LogP contribution is 2.64. The Balaban J connectivity index is 6.72. The highest BCUT2D eigenvalue weighted by Gasteiger charge is 2.95. The third-order valence-corrected chi connectivity index (χ3v) is 4.42. The van der Waals surface area contributed by atoms with Crippen molar-refractivity contribution in [3.05, 3.63) is 0 Å². The van der Waals surface area contributed by atoms with E-state index in [9.17, 15) is 83.1 Å². The van der Waals surface area contributed by atoms with Crippen LogP contribution in [0.25, 0.3) is 0 Å². The number of hydrogen-bond acceptors (Lipinski definition) is 3. The predicted octanol–water partition coefficient (Wildman–Crippen LogP) is 4.59. The zero-order valence-electron chi connectivity index (χ0n) is 13.8. The molecule has 0 radical (unpaired) electrons. The summed E-state index contributed by atoms with van der Waals surface area (Å²) in [5.41, 5.74) is -4.20. The van der Waals surface area contributed by atoms with Crippen LogP contribution >= 0.6 is 0 Å². The molecule has 0 fully saturated rings. The Bertz CT molecular complexity index is 799. The Morgan fingerprint density at radius 2 is 0.781 bits per heavy atom. The summed E-state index contributed by atoms with van der Waals surface area (Å²) in [6.45, 7) is 0. The standard InChI is InChI=1S/C10H5F17O4S/c11-3(12,1-2(28)32(29,30)31)4(13,14)5(15,16)6(17,18)7(19,20)8(21,22)9(23,24)10(25,26)27/h2,28H,1H2,(H,29,30,31). The molecule has 2 N–H and O–H groups in total. The van der Waals surface area contributed by atoms with Gasteiger partial charge in [0.15, 0.2) is 5.44 Å². The van der Waals surface area contributed by atoms with Crippen molar-refractivity contribution in [1.82, 2.24) is 0 Å². The lowest BCUT2D eigenvalue weighted by Crippen LogP contribution is -2.74. The van der Waals surface area contributed by atoms with Gasteiger partial charge >= 0.3 is 47.6 Å². The molecule has 0 rings (SSSR count). The summed E-state index contributed by atoms with van der Waals surface area (Å²) in [5, 5.41) is 8.46. The first-order chi connectivity index (χ1) is 13.4. The lowest BCUT2D eigenvalue weighted by Gasteiger charge is -2.42. The van der Waals surface area contributed by atoms with Gasteiger partial charge in [-0.1, -0.05) is 0 Å². The minimum Gasteiger partial charge on any atom is -0.375 e. The summed E-state index contributed by atoms with van der Waals surface area (Å²) in [7, 11) is -6.25. The average Bonchev–Trinajstić information content (AvgIpc) is 2.51. The van der Waals surface area contributed by atoms with Gasteiger partial charge in [0.2, 0.25) is 0 Å². The molecule has 0 saturated carbocycles. The fourth-order valence-corrected chi connectivity index (χ4v) is 2.07. The Labute approximate surface area is 163 Å². The van der Waals surface area contributed by atoms with Gasteiger partial charge in [0, 0.05) is 0 Å². The van der Waals surface area contributed by atoms with Crippen LogP contribution < -0.4 is 0 Å². The molecule has 0 spiro atoms. The quantitative estimate of drug-likeness (QED) is 0.329. The number of halogens is 17. The molecule has 194 valence electrons. The van der Waals surface area contributed by atoms with Crippen LogP contribution in [0.2, 0.25) is 0 Å². The van der Waals surface area contributed by atoms with E-state index in [2.05, 4.69) is 0 Å². The summed E-state index contributed by atoms with van der Waals surface area (Å²) < 4.78 is 248. The van der Waals surface area contributed by atoms with Crippen LogP contribution in [0.5, 0.6) is 0 Å². The van der Waals surface area contributed by atoms with Crippen LogP contribution in [0.3, 0.4) is 0 Å². The van der Waals surface area contributed by atoms with Gasteiger partial charge in [0.1, 0.15) is 0 Å². The van der Waals surface area contributed by atoms with Crippen molar-refractivity contribution >= 4 is 10.1 Å². The molecule has 0 saturated heterocycles. The van der Waals surface area contributed by atoms with E-state index >= 15 is 0 Å². The van der Waals surface area contributed by atoms with Crippen LogP contribution in [-0.4, -0.2) is 71.1 Å². The van der Waals surface area contributed by atoms with Crippen molar-refractivity contribution in [2.45, 2.75) is 59.5 Å². The van der Waals surface area contributed by atoms with E-state index in [-0.39, 0.29) is 0 Å². The molecule has 0 amide bonds. The normalized spacial score (nSPS) is 17.5. The van der Waals surface area contributed by atoms with Crippen molar-refractivity contribution in [2.24, 2.45) is 0 Å². The molecule has 0 aromatic heterocycles. The lowest BCUT2D eigenvalue weighted by atomic mass is 9.88. The van der Waals surface area contributed by atoms with E-state index in [0.717, 1.165) is 0 Å². The molecule has 1 atom stereocenters. The third kappa shape index (κ3) is 4.16. The van der Waals surface area contributed by atoms with Crippen LogP contribution in [0.4, 0.5) is 74.6 Å². The number of aliphatic hydroxyl groups excluding tert-OH is 1. The minimum absolute atomic E-state index is 3.69. The van der Waals surface area contributed by atoms with E-state index in [0.29, 0.717) is 0 Å². The largest absolute Gasteiger partial charge is 0.460 e. The van der Waals surface area contributed by atoms with E-state index in [1.807, 2.05) is 0 Å². The van der Waals surface area contributed by atoms with Crippen LogP contribution in [-0.2, 0) is 10.1 Å². The van der Waals surface area contributed by atoms with Gasteiger partial charge in [-0.25, -0.2) is 0 Å². The van der Waals surface area contributed by atoms with Crippen LogP contribution in [0.15, 0.2) is 0 Å². The Hall–Kier alpha value is -1.32. The highest BCUT2D eigenvalue weighted by atomic mass is 32.2. The molecule has 0 aliphatic rings. The molecule has 1 unspecified atom stereocenters. The first kappa shape index (κ1) is 30.7. The van der Waals surface area contributed by atoms with E-state index in [4.69, 9.17) is 9.66 Å². The molecule has 0 aliphatic carbocycles. The molecule has 0 aromatic carbocycles. The Morgan fingerprint density at radius 3 is 1.03 bits per heavy atom. The summed E-state index contributed by atoms with van der Waals surface area (Å²) in [6.07, 6.45) is -11.6. The Morgan fingerprint density at radius 1 is 0.531 bits per heavy atom. The van der Waals surface area contributed by atoms with Crippen molar-refractivity contribution in [1.29, 1.82) is 0 Å². The summed E-state index contributed by atoms with van der Waals surface area (Å²) in [5.74, 6) is -58.4. The number of alkyl halides is 17. The number of aliphatic hydroxyl groups is 1. The van der Waals surface area contributed by atoms with Crippen molar-refractivity contribution in [2.75, 3.05) is 0 Å². The number of rotatable bonds is 9. The Kier molecular flexibility index (Phi) is 7.29. The van der Waals surface area contributed by atoms with Crippen molar-refractivity contribution in [3.63, 3.8) is 0 Å². The second-order valence-electron chi connectivity index (χ2n) is 5.82. The fourth-order valence-electron chi connectivity index (χ4n) is 1.65. The van der Waals surface area contributed by atoms with Crippen LogP contribution in [0, 0.1) is 0 Å². The molecule has 0 bridgehead atoms. The maximum atomic E-state index is 13.3. The number of hydrogen-bond donors (Lipinski definition) is 2. The van der Waals surface area contributed by atoms with E-state index < -0.39 is 69.6 Å². The van der Waals surface area contributed by atoms with Gasteiger partial charge in [-0.15, -0.1) is 0 Å². The fraction of sp³-hybridized carbons (Fsp3) is 1.00.